The van der Waals surface area contributed by atoms with Crippen LogP contribution >= 0.6 is 15.9 Å². The van der Waals surface area contributed by atoms with Crippen molar-refractivity contribution in [2.45, 2.75) is 51.0 Å². The number of carbonyl (C=O) groups excluding carboxylic acids is 3. The third kappa shape index (κ3) is 3.21. The maximum absolute atomic E-state index is 14.1. The lowest BCUT2D eigenvalue weighted by Crippen LogP contribution is -2.50. The molecule has 4 rings (SSSR count). The minimum Gasteiger partial charge on any atom is -0.459 e. The number of Topliss-reactive ketones (excluding diaryl/α,β-unsaturated/α-hetero) is 1. The van der Waals surface area contributed by atoms with Gasteiger partial charge in [-0.3, -0.25) is 19.3 Å². The molecule has 9 heteroatoms. The molecular formula is C23H22BrN3O5. The van der Waals surface area contributed by atoms with Crippen LogP contribution in [0.15, 0.2) is 45.5 Å². The zero-order valence-electron chi connectivity index (χ0n) is 18.0. The SMILES string of the molecule is CC(C)(C)OC(=O)CN1C(=O)C2(C(C#N)=C(N)OC3=C2C(=O)CCC3)c2cc(Br)ccc21. The number of nitriles is 1. The number of nitrogens with two attached hydrogens (primary N) is 1. The number of nitrogens with zero attached hydrogens (tertiary/aromatic N) is 2. The summed E-state index contributed by atoms with van der Waals surface area (Å²) in [5, 5.41) is 10.0. The molecule has 0 saturated carbocycles. The van der Waals surface area contributed by atoms with E-state index in [0.29, 0.717) is 34.3 Å². The Morgan fingerprint density at radius 3 is 2.72 bits per heavy atom. The third-order valence-electron chi connectivity index (χ3n) is 5.63. The number of rotatable bonds is 2. The van der Waals surface area contributed by atoms with Crippen molar-refractivity contribution in [2.75, 3.05) is 11.4 Å². The summed E-state index contributed by atoms with van der Waals surface area (Å²) in [6.45, 7) is 4.83. The highest BCUT2D eigenvalue weighted by molar-refractivity contribution is 9.10. The largest absolute Gasteiger partial charge is 0.459 e. The van der Waals surface area contributed by atoms with Gasteiger partial charge in [-0.2, -0.15) is 5.26 Å². The highest BCUT2D eigenvalue weighted by Crippen LogP contribution is 2.56. The number of ether oxygens (including phenoxy) is 2. The van der Waals surface area contributed by atoms with Crippen LogP contribution in [0.5, 0.6) is 0 Å². The zero-order valence-corrected chi connectivity index (χ0v) is 19.5. The van der Waals surface area contributed by atoms with Crippen molar-refractivity contribution in [3.05, 3.63) is 51.0 Å². The molecule has 0 bridgehead atoms. The van der Waals surface area contributed by atoms with Crippen molar-refractivity contribution in [3.63, 3.8) is 0 Å². The van der Waals surface area contributed by atoms with Crippen molar-refractivity contribution in [1.82, 2.24) is 0 Å². The summed E-state index contributed by atoms with van der Waals surface area (Å²) < 4.78 is 11.7. The lowest BCUT2D eigenvalue weighted by atomic mass is 9.65. The van der Waals surface area contributed by atoms with Crippen LogP contribution in [0.1, 0.15) is 45.6 Å². The van der Waals surface area contributed by atoms with Gasteiger partial charge in [0.05, 0.1) is 5.57 Å². The lowest BCUT2D eigenvalue weighted by Gasteiger charge is -2.37. The van der Waals surface area contributed by atoms with Crippen molar-refractivity contribution in [3.8, 4) is 6.07 Å². The van der Waals surface area contributed by atoms with E-state index in [0.717, 1.165) is 0 Å². The molecule has 1 amide bonds. The van der Waals surface area contributed by atoms with E-state index in [1.165, 1.54) is 4.90 Å². The maximum atomic E-state index is 14.1. The smallest absolute Gasteiger partial charge is 0.326 e. The number of carbonyl (C=O) groups is 3. The first-order chi connectivity index (χ1) is 15.0. The van der Waals surface area contributed by atoms with E-state index < -0.39 is 22.9 Å². The molecule has 8 nitrogen and oxygen atoms in total. The number of fused-ring (bicyclic) bond motifs is 3. The van der Waals surface area contributed by atoms with Crippen molar-refractivity contribution >= 4 is 39.3 Å². The van der Waals surface area contributed by atoms with Crippen LogP contribution in [-0.4, -0.2) is 29.8 Å². The molecule has 1 aromatic rings. The Bertz CT molecular complexity index is 1170. The number of anilines is 1. The Morgan fingerprint density at radius 1 is 1.34 bits per heavy atom. The Morgan fingerprint density at radius 2 is 2.06 bits per heavy atom. The van der Waals surface area contributed by atoms with E-state index in [1.54, 1.807) is 39.0 Å². The van der Waals surface area contributed by atoms with Crippen molar-refractivity contribution < 1.29 is 23.9 Å². The third-order valence-corrected chi connectivity index (χ3v) is 6.13. The number of allylic oxidation sites excluding steroid dienone is 1. The highest BCUT2D eigenvalue weighted by Gasteiger charge is 2.62. The minimum absolute atomic E-state index is 0.130. The molecule has 2 N–H and O–H groups in total. The second-order valence-electron chi connectivity index (χ2n) is 8.92. The van der Waals surface area contributed by atoms with Gasteiger partial charge in [-0.25, -0.2) is 0 Å². The lowest BCUT2D eigenvalue weighted by molar-refractivity contribution is -0.153. The van der Waals surface area contributed by atoms with Crippen LogP contribution < -0.4 is 10.6 Å². The van der Waals surface area contributed by atoms with Crippen molar-refractivity contribution in [2.24, 2.45) is 5.73 Å². The van der Waals surface area contributed by atoms with Gasteiger partial charge in [0.2, 0.25) is 11.8 Å². The Labute approximate surface area is 193 Å². The summed E-state index contributed by atoms with van der Waals surface area (Å²) in [6.07, 6.45) is 1.21. The van der Waals surface area contributed by atoms with Gasteiger partial charge in [-0.05, 0) is 45.4 Å². The van der Waals surface area contributed by atoms with Gasteiger partial charge < -0.3 is 15.2 Å². The van der Waals surface area contributed by atoms with E-state index >= 15 is 0 Å². The number of ketones is 1. The fourth-order valence-electron chi connectivity index (χ4n) is 4.58. The molecule has 1 atom stereocenters. The molecule has 1 spiro atoms. The van der Waals surface area contributed by atoms with Crippen LogP contribution in [0, 0.1) is 11.3 Å². The normalized spacial score (nSPS) is 22.5. The van der Waals surface area contributed by atoms with Crippen molar-refractivity contribution in [1.29, 1.82) is 5.26 Å². The molecule has 32 heavy (non-hydrogen) atoms. The summed E-state index contributed by atoms with van der Waals surface area (Å²) in [4.78, 5) is 41.1. The Balaban J connectivity index is 1.96. The molecule has 1 unspecified atom stereocenters. The molecule has 1 aromatic carbocycles. The molecule has 0 aromatic heterocycles. The molecule has 1 aliphatic carbocycles. The van der Waals surface area contributed by atoms with Gasteiger partial charge in [-0.1, -0.05) is 15.9 Å². The summed E-state index contributed by atoms with van der Waals surface area (Å²) >= 11 is 3.42. The summed E-state index contributed by atoms with van der Waals surface area (Å²) in [6, 6.07) is 7.09. The summed E-state index contributed by atoms with van der Waals surface area (Å²) in [7, 11) is 0. The molecule has 0 saturated heterocycles. The van der Waals surface area contributed by atoms with E-state index in [4.69, 9.17) is 15.2 Å². The van der Waals surface area contributed by atoms with Crippen LogP contribution in [0.2, 0.25) is 0 Å². The van der Waals surface area contributed by atoms with Crippen LogP contribution in [0.4, 0.5) is 5.69 Å². The number of amides is 1. The Hall–Kier alpha value is -3.12. The second-order valence-corrected chi connectivity index (χ2v) is 9.83. The highest BCUT2D eigenvalue weighted by atomic mass is 79.9. The van der Waals surface area contributed by atoms with Crippen LogP contribution in [-0.2, 0) is 29.3 Å². The average molecular weight is 500 g/mol. The molecule has 166 valence electrons. The summed E-state index contributed by atoms with van der Waals surface area (Å²) in [5.74, 6) is -1.38. The standard InChI is InChI=1S/C23H22BrN3O5/c1-22(2,3)32-18(29)11-27-15-8-7-12(24)9-13(15)23(21(27)30)14(10-25)20(26)31-17-6-4-5-16(28)19(17)23/h7-9H,4-6,11,26H2,1-3H3. The first-order valence-electron chi connectivity index (χ1n) is 10.2. The fourth-order valence-corrected chi connectivity index (χ4v) is 4.94. The minimum atomic E-state index is -1.76. The molecular weight excluding hydrogens is 478 g/mol. The average Bonchev–Trinajstić information content (AvgIpc) is 2.90. The predicted octanol–water partition coefficient (Wildman–Crippen LogP) is 3.11. The van der Waals surface area contributed by atoms with Gasteiger partial charge >= 0.3 is 5.97 Å². The summed E-state index contributed by atoms with van der Waals surface area (Å²) in [5.41, 5.74) is 4.40. The van der Waals surface area contributed by atoms with Crippen LogP contribution in [0.25, 0.3) is 0 Å². The van der Waals surface area contributed by atoms with Crippen LogP contribution in [0.3, 0.4) is 0 Å². The number of esters is 1. The van der Waals surface area contributed by atoms with Gasteiger partial charge in [0, 0.05) is 28.6 Å². The molecule has 2 aliphatic heterocycles. The quantitative estimate of drug-likeness (QED) is 0.619. The van der Waals surface area contributed by atoms with Gasteiger partial charge in [0.1, 0.15) is 35.0 Å². The van der Waals surface area contributed by atoms with Gasteiger partial charge in [0.25, 0.3) is 0 Å². The molecule has 3 aliphatic rings. The Kier molecular flexibility index (Phi) is 5.17. The molecule has 0 fully saturated rings. The monoisotopic (exact) mass is 499 g/mol. The maximum Gasteiger partial charge on any atom is 0.326 e. The van der Waals surface area contributed by atoms with Gasteiger partial charge in [0.15, 0.2) is 5.78 Å². The van der Waals surface area contributed by atoms with E-state index in [2.05, 4.69) is 15.9 Å². The van der Waals surface area contributed by atoms with E-state index in [9.17, 15) is 19.6 Å². The topological polar surface area (TPSA) is 123 Å². The second kappa shape index (κ2) is 7.48. The van der Waals surface area contributed by atoms with E-state index in [-0.39, 0.29) is 35.8 Å². The van der Waals surface area contributed by atoms with E-state index in [1.807, 2.05) is 6.07 Å². The zero-order chi connectivity index (χ0) is 23.4. The molecule has 0 radical (unpaired) electrons. The number of halogens is 1. The first-order valence-corrected chi connectivity index (χ1v) is 11.0. The number of benzene rings is 1. The number of hydrogen-bond acceptors (Lipinski definition) is 7. The first kappa shape index (κ1) is 22.1. The molecule has 2 heterocycles. The number of hydrogen-bond donors (Lipinski definition) is 1. The van der Waals surface area contributed by atoms with Gasteiger partial charge in [-0.15, -0.1) is 0 Å². The fraction of sp³-hybridized carbons (Fsp3) is 0.391. The predicted molar refractivity (Wildman–Crippen MR) is 118 cm³/mol.